The molecule has 7 nitrogen and oxygen atoms in total. The van der Waals surface area contributed by atoms with Gasteiger partial charge in [-0.15, -0.1) is 0 Å². The molecule has 2 heterocycles. The van der Waals surface area contributed by atoms with Gasteiger partial charge in [0, 0.05) is 32.0 Å². The Balaban J connectivity index is 1.82. The molecule has 0 bridgehead atoms. The van der Waals surface area contributed by atoms with E-state index in [1.54, 1.807) is 18.5 Å². The third kappa shape index (κ3) is 3.62. The van der Waals surface area contributed by atoms with Crippen molar-refractivity contribution in [3.63, 3.8) is 0 Å². The lowest BCUT2D eigenvalue weighted by atomic mass is 10.5. The Labute approximate surface area is 106 Å². The SMILES string of the molecule is O=S(=O)(CCNc1ncccn1)N1CCOCC1. The van der Waals surface area contributed by atoms with Crippen molar-refractivity contribution < 1.29 is 13.2 Å². The van der Waals surface area contributed by atoms with E-state index in [0.717, 1.165) is 0 Å². The number of hydrogen-bond acceptors (Lipinski definition) is 6. The number of hydrogen-bond donors (Lipinski definition) is 1. The lowest BCUT2D eigenvalue weighted by Crippen LogP contribution is -2.42. The zero-order valence-electron chi connectivity index (χ0n) is 9.95. The highest BCUT2D eigenvalue weighted by atomic mass is 32.2. The van der Waals surface area contributed by atoms with Gasteiger partial charge in [0.1, 0.15) is 0 Å². The number of nitrogens with one attached hydrogen (secondary N) is 1. The summed E-state index contributed by atoms with van der Waals surface area (Å²) in [6.45, 7) is 2.10. The van der Waals surface area contributed by atoms with E-state index in [0.29, 0.717) is 38.8 Å². The molecule has 1 aromatic rings. The molecule has 1 aliphatic heterocycles. The van der Waals surface area contributed by atoms with Crippen LogP contribution in [0.2, 0.25) is 0 Å². The topological polar surface area (TPSA) is 84.4 Å². The highest BCUT2D eigenvalue weighted by molar-refractivity contribution is 7.89. The van der Waals surface area contributed by atoms with Crippen molar-refractivity contribution in [1.29, 1.82) is 0 Å². The van der Waals surface area contributed by atoms with Crippen LogP contribution in [0.4, 0.5) is 5.95 Å². The third-order valence-corrected chi connectivity index (χ3v) is 4.44. The molecule has 1 fully saturated rings. The molecule has 0 radical (unpaired) electrons. The van der Waals surface area contributed by atoms with Crippen LogP contribution in [-0.2, 0) is 14.8 Å². The molecule has 1 saturated heterocycles. The van der Waals surface area contributed by atoms with Crippen molar-refractivity contribution in [2.75, 3.05) is 43.9 Å². The van der Waals surface area contributed by atoms with E-state index in [1.165, 1.54) is 4.31 Å². The summed E-state index contributed by atoms with van der Waals surface area (Å²) in [6.07, 6.45) is 3.21. The van der Waals surface area contributed by atoms with Gasteiger partial charge in [0.05, 0.1) is 19.0 Å². The van der Waals surface area contributed by atoms with Crippen LogP contribution in [0.15, 0.2) is 18.5 Å². The lowest BCUT2D eigenvalue weighted by molar-refractivity contribution is 0.0731. The molecular formula is C10H16N4O3S. The van der Waals surface area contributed by atoms with Crippen LogP contribution in [0.5, 0.6) is 0 Å². The van der Waals surface area contributed by atoms with Gasteiger partial charge in [-0.25, -0.2) is 18.4 Å². The van der Waals surface area contributed by atoms with E-state index in [2.05, 4.69) is 15.3 Å². The smallest absolute Gasteiger partial charge is 0.222 e. The van der Waals surface area contributed by atoms with E-state index in [9.17, 15) is 8.42 Å². The third-order valence-electron chi connectivity index (χ3n) is 2.57. The molecule has 0 spiro atoms. The summed E-state index contributed by atoms with van der Waals surface area (Å²) < 4.78 is 30.5. The number of ether oxygens (including phenoxy) is 1. The van der Waals surface area contributed by atoms with Crippen LogP contribution in [0, 0.1) is 0 Å². The number of rotatable bonds is 5. The van der Waals surface area contributed by atoms with Gasteiger partial charge in [0.15, 0.2) is 0 Å². The standard InChI is InChI=1S/C10H16N4O3S/c15-18(16,14-5-7-17-8-6-14)9-4-13-10-11-2-1-3-12-10/h1-3H,4-9H2,(H,11,12,13). The van der Waals surface area contributed by atoms with E-state index in [-0.39, 0.29) is 5.75 Å². The van der Waals surface area contributed by atoms with Gasteiger partial charge < -0.3 is 10.1 Å². The summed E-state index contributed by atoms with van der Waals surface area (Å²) in [4.78, 5) is 7.92. The maximum Gasteiger partial charge on any atom is 0.222 e. The predicted molar refractivity (Wildman–Crippen MR) is 66.7 cm³/mol. The van der Waals surface area contributed by atoms with Gasteiger partial charge >= 0.3 is 0 Å². The second-order valence-electron chi connectivity index (χ2n) is 3.83. The summed E-state index contributed by atoms with van der Waals surface area (Å²) in [6, 6.07) is 1.70. The number of sulfonamides is 1. The number of nitrogens with zero attached hydrogens (tertiary/aromatic N) is 3. The molecule has 18 heavy (non-hydrogen) atoms. The maximum absolute atomic E-state index is 12.0. The average Bonchev–Trinajstić information content (AvgIpc) is 2.41. The molecule has 0 aromatic carbocycles. The summed E-state index contributed by atoms with van der Waals surface area (Å²) in [7, 11) is -3.22. The maximum atomic E-state index is 12.0. The largest absolute Gasteiger partial charge is 0.379 e. The van der Waals surface area contributed by atoms with Crippen LogP contribution in [0.1, 0.15) is 0 Å². The predicted octanol–water partition coefficient (Wildman–Crippen LogP) is -0.449. The Morgan fingerprint density at radius 2 is 1.94 bits per heavy atom. The van der Waals surface area contributed by atoms with Gasteiger partial charge in [-0.1, -0.05) is 0 Å². The first-order chi connectivity index (χ1) is 8.68. The quantitative estimate of drug-likeness (QED) is 0.781. The van der Waals surface area contributed by atoms with Crippen LogP contribution in [0.25, 0.3) is 0 Å². The first kappa shape index (κ1) is 13.2. The Morgan fingerprint density at radius 3 is 2.61 bits per heavy atom. The van der Waals surface area contributed by atoms with Crippen LogP contribution in [-0.4, -0.2) is 61.3 Å². The first-order valence-corrected chi connectivity index (χ1v) is 7.36. The Kier molecular flexibility index (Phi) is 4.45. The fraction of sp³-hybridized carbons (Fsp3) is 0.600. The summed E-state index contributed by atoms with van der Waals surface area (Å²) in [5, 5.41) is 2.88. The van der Waals surface area contributed by atoms with Gasteiger partial charge in [-0.3, -0.25) is 0 Å². The molecule has 1 aromatic heterocycles. The minimum absolute atomic E-state index is 0.0330. The van der Waals surface area contributed by atoms with E-state index in [1.807, 2.05) is 0 Å². The van der Waals surface area contributed by atoms with Crippen LogP contribution >= 0.6 is 0 Å². The highest BCUT2D eigenvalue weighted by Crippen LogP contribution is 2.05. The normalized spacial score (nSPS) is 17.6. The Hall–Kier alpha value is -1.25. The molecule has 0 atom stereocenters. The fourth-order valence-electron chi connectivity index (χ4n) is 1.64. The van der Waals surface area contributed by atoms with Gasteiger partial charge in [0.2, 0.25) is 16.0 Å². The number of anilines is 1. The zero-order valence-corrected chi connectivity index (χ0v) is 10.8. The van der Waals surface area contributed by atoms with Crippen LogP contribution < -0.4 is 5.32 Å². The monoisotopic (exact) mass is 272 g/mol. The molecule has 8 heteroatoms. The van der Waals surface area contributed by atoms with E-state index >= 15 is 0 Å². The molecule has 1 aliphatic rings. The second-order valence-corrected chi connectivity index (χ2v) is 5.92. The minimum atomic E-state index is -3.22. The molecule has 2 rings (SSSR count). The Morgan fingerprint density at radius 1 is 1.28 bits per heavy atom. The van der Waals surface area contributed by atoms with Gasteiger partial charge in [-0.05, 0) is 6.07 Å². The molecule has 0 amide bonds. The number of morpholine rings is 1. The van der Waals surface area contributed by atoms with Crippen LogP contribution in [0.3, 0.4) is 0 Å². The zero-order chi connectivity index (χ0) is 12.8. The minimum Gasteiger partial charge on any atom is -0.379 e. The lowest BCUT2D eigenvalue weighted by Gasteiger charge is -2.25. The molecule has 0 aliphatic carbocycles. The molecule has 1 N–H and O–H groups in total. The average molecular weight is 272 g/mol. The molecular weight excluding hydrogens is 256 g/mol. The van der Waals surface area contributed by atoms with Gasteiger partial charge in [0.25, 0.3) is 0 Å². The van der Waals surface area contributed by atoms with E-state index in [4.69, 9.17) is 4.74 Å². The molecule has 0 unspecified atom stereocenters. The molecule has 0 saturated carbocycles. The van der Waals surface area contributed by atoms with Crippen molar-refractivity contribution in [2.45, 2.75) is 0 Å². The summed E-state index contributed by atoms with van der Waals surface area (Å²) >= 11 is 0. The highest BCUT2D eigenvalue weighted by Gasteiger charge is 2.23. The van der Waals surface area contributed by atoms with Gasteiger partial charge in [-0.2, -0.15) is 4.31 Å². The first-order valence-electron chi connectivity index (χ1n) is 5.75. The van der Waals surface area contributed by atoms with Crippen molar-refractivity contribution in [3.05, 3.63) is 18.5 Å². The van der Waals surface area contributed by atoms with Crippen molar-refractivity contribution in [3.8, 4) is 0 Å². The second kappa shape index (κ2) is 6.07. The van der Waals surface area contributed by atoms with Crippen molar-refractivity contribution in [2.24, 2.45) is 0 Å². The summed E-state index contributed by atoms with van der Waals surface area (Å²) in [5.41, 5.74) is 0. The Bertz CT molecular complexity index is 459. The van der Waals surface area contributed by atoms with E-state index < -0.39 is 10.0 Å². The number of aromatic nitrogens is 2. The fourth-order valence-corrected chi connectivity index (χ4v) is 2.96. The summed E-state index contributed by atoms with van der Waals surface area (Å²) in [5.74, 6) is 0.473. The van der Waals surface area contributed by atoms with Crippen molar-refractivity contribution >= 4 is 16.0 Å². The molecule has 100 valence electrons. The van der Waals surface area contributed by atoms with Crippen molar-refractivity contribution in [1.82, 2.24) is 14.3 Å².